The SMILES string of the molecule is CCCCC/C=C(\[Se]c1ccccc1)C(=O)OCC. The van der Waals surface area contributed by atoms with E-state index in [9.17, 15) is 4.79 Å². The Morgan fingerprint density at radius 3 is 2.58 bits per heavy atom. The van der Waals surface area contributed by atoms with E-state index in [1.54, 1.807) is 0 Å². The molecule has 1 aromatic rings. The molecule has 0 atom stereocenters. The van der Waals surface area contributed by atoms with Crippen LogP contribution in [0, 0.1) is 0 Å². The van der Waals surface area contributed by atoms with Gasteiger partial charge in [0, 0.05) is 0 Å². The number of carbonyl (C=O) groups is 1. The summed E-state index contributed by atoms with van der Waals surface area (Å²) in [5.74, 6) is -0.150. The van der Waals surface area contributed by atoms with Crippen LogP contribution in [0.25, 0.3) is 0 Å². The molecule has 2 nitrogen and oxygen atoms in total. The molecule has 0 fully saturated rings. The van der Waals surface area contributed by atoms with Gasteiger partial charge in [-0.15, -0.1) is 0 Å². The number of carbonyl (C=O) groups excluding carboxylic acids is 1. The Bertz CT molecular complexity index is 398. The van der Waals surface area contributed by atoms with Crippen molar-refractivity contribution in [3.8, 4) is 0 Å². The third-order valence-corrected chi connectivity index (χ3v) is 4.81. The van der Waals surface area contributed by atoms with Gasteiger partial charge in [0.05, 0.1) is 0 Å². The predicted octanol–water partition coefficient (Wildman–Crippen LogP) is 3.04. The Labute approximate surface area is 122 Å². The van der Waals surface area contributed by atoms with Gasteiger partial charge in [-0.05, 0) is 0 Å². The van der Waals surface area contributed by atoms with Gasteiger partial charge >= 0.3 is 122 Å². The standard InChI is InChI=1S/C16H22O2Se/c1-3-5-6-10-13-15(16(17)18-4-2)19-14-11-8-7-9-12-14/h7-9,11-13H,3-6,10H2,1-2H3/b15-13-. The zero-order chi connectivity index (χ0) is 13.9. The van der Waals surface area contributed by atoms with Crippen molar-refractivity contribution in [2.45, 2.75) is 39.5 Å². The number of rotatable bonds is 8. The molecule has 0 spiro atoms. The van der Waals surface area contributed by atoms with Crippen molar-refractivity contribution in [3.63, 3.8) is 0 Å². The van der Waals surface area contributed by atoms with Crippen molar-refractivity contribution in [1.29, 1.82) is 0 Å². The number of allylic oxidation sites excluding steroid dienone is 1. The molecule has 0 amide bonds. The summed E-state index contributed by atoms with van der Waals surface area (Å²) in [6, 6.07) is 10.2. The topological polar surface area (TPSA) is 26.3 Å². The molecule has 104 valence electrons. The van der Waals surface area contributed by atoms with Crippen molar-refractivity contribution in [2.24, 2.45) is 0 Å². The van der Waals surface area contributed by atoms with Crippen LogP contribution in [0.2, 0.25) is 0 Å². The molecule has 0 radical (unpaired) electrons. The van der Waals surface area contributed by atoms with Gasteiger partial charge < -0.3 is 0 Å². The Balaban J connectivity index is 2.66. The van der Waals surface area contributed by atoms with Crippen LogP contribution in [-0.2, 0) is 9.53 Å². The fraction of sp³-hybridized carbons (Fsp3) is 0.438. The van der Waals surface area contributed by atoms with Gasteiger partial charge in [-0.2, -0.15) is 0 Å². The summed E-state index contributed by atoms with van der Waals surface area (Å²) in [5.41, 5.74) is 0. The second-order valence-electron chi connectivity index (χ2n) is 4.20. The number of hydrogen-bond donors (Lipinski definition) is 0. The fourth-order valence-corrected chi connectivity index (χ4v) is 3.48. The second kappa shape index (κ2) is 9.82. The van der Waals surface area contributed by atoms with Crippen LogP contribution in [0.3, 0.4) is 0 Å². The van der Waals surface area contributed by atoms with Crippen LogP contribution in [0.15, 0.2) is 40.9 Å². The van der Waals surface area contributed by atoms with Crippen molar-refractivity contribution < 1.29 is 9.53 Å². The monoisotopic (exact) mass is 326 g/mol. The van der Waals surface area contributed by atoms with Gasteiger partial charge in [0.15, 0.2) is 0 Å². The predicted molar refractivity (Wildman–Crippen MR) is 80.7 cm³/mol. The molecule has 0 aliphatic carbocycles. The van der Waals surface area contributed by atoms with Crippen LogP contribution >= 0.6 is 0 Å². The molecule has 0 saturated heterocycles. The van der Waals surface area contributed by atoms with Crippen LogP contribution < -0.4 is 4.46 Å². The van der Waals surface area contributed by atoms with Crippen molar-refractivity contribution >= 4 is 25.4 Å². The van der Waals surface area contributed by atoms with Gasteiger partial charge in [-0.1, -0.05) is 0 Å². The molecule has 1 aromatic carbocycles. The summed E-state index contributed by atoms with van der Waals surface area (Å²) in [6.45, 7) is 4.47. The van der Waals surface area contributed by atoms with Crippen molar-refractivity contribution in [3.05, 3.63) is 40.9 Å². The van der Waals surface area contributed by atoms with E-state index in [-0.39, 0.29) is 20.9 Å². The first-order valence-electron chi connectivity index (χ1n) is 6.88. The van der Waals surface area contributed by atoms with Gasteiger partial charge in [0.1, 0.15) is 0 Å². The Morgan fingerprint density at radius 1 is 1.21 bits per heavy atom. The average Bonchev–Trinajstić information content (AvgIpc) is 2.43. The maximum atomic E-state index is 11.9. The molecular formula is C16H22O2Se. The molecule has 0 heterocycles. The van der Waals surface area contributed by atoms with Gasteiger partial charge in [-0.25, -0.2) is 0 Å². The van der Waals surface area contributed by atoms with E-state index in [0.29, 0.717) is 6.61 Å². The average molecular weight is 325 g/mol. The molecule has 0 bridgehead atoms. The number of esters is 1. The van der Waals surface area contributed by atoms with Gasteiger partial charge in [0.2, 0.25) is 0 Å². The molecule has 0 aromatic heterocycles. The molecule has 0 aliphatic rings. The first-order chi connectivity index (χ1) is 9.27. The van der Waals surface area contributed by atoms with Gasteiger partial charge in [-0.3, -0.25) is 0 Å². The number of ether oxygens (including phenoxy) is 1. The Morgan fingerprint density at radius 2 is 1.95 bits per heavy atom. The van der Waals surface area contributed by atoms with Crippen LogP contribution in [-0.4, -0.2) is 27.5 Å². The van der Waals surface area contributed by atoms with Crippen molar-refractivity contribution in [1.82, 2.24) is 0 Å². The fourth-order valence-electron chi connectivity index (χ4n) is 1.61. The molecule has 1 rings (SSSR count). The van der Waals surface area contributed by atoms with E-state index in [2.05, 4.69) is 25.1 Å². The summed E-state index contributed by atoms with van der Waals surface area (Å²) in [6.07, 6.45) is 6.60. The first kappa shape index (κ1) is 16.0. The van der Waals surface area contributed by atoms with Crippen molar-refractivity contribution in [2.75, 3.05) is 6.61 Å². The molecule has 0 aliphatic heterocycles. The summed E-state index contributed by atoms with van der Waals surface area (Å²) >= 11 is 0.0414. The summed E-state index contributed by atoms with van der Waals surface area (Å²) < 4.78 is 7.20. The summed E-state index contributed by atoms with van der Waals surface area (Å²) in [4.78, 5) is 11.9. The van der Waals surface area contributed by atoms with E-state index in [1.807, 2.05) is 25.1 Å². The third kappa shape index (κ3) is 6.60. The quantitative estimate of drug-likeness (QED) is 0.318. The Kier molecular flexibility index (Phi) is 8.28. The summed E-state index contributed by atoms with van der Waals surface area (Å²) in [5, 5.41) is 0. The van der Waals surface area contributed by atoms with Crippen LogP contribution in [0.5, 0.6) is 0 Å². The zero-order valence-corrected chi connectivity index (χ0v) is 13.4. The van der Waals surface area contributed by atoms with Crippen LogP contribution in [0.1, 0.15) is 39.5 Å². The number of hydrogen-bond acceptors (Lipinski definition) is 2. The molecule has 0 N–H and O–H groups in total. The Hall–Kier alpha value is -1.05. The van der Waals surface area contributed by atoms with E-state index < -0.39 is 0 Å². The molecular weight excluding hydrogens is 303 g/mol. The minimum atomic E-state index is -0.150. The van der Waals surface area contributed by atoms with E-state index >= 15 is 0 Å². The van der Waals surface area contributed by atoms with E-state index in [0.717, 1.165) is 17.3 Å². The second-order valence-corrected chi connectivity index (χ2v) is 6.54. The first-order valence-corrected chi connectivity index (χ1v) is 8.59. The molecule has 0 saturated carbocycles. The molecule has 19 heavy (non-hydrogen) atoms. The normalized spacial score (nSPS) is 11.4. The van der Waals surface area contributed by atoms with Crippen LogP contribution in [0.4, 0.5) is 0 Å². The van der Waals surface area contributed by atoms with Gasteiger partial charge in [0.25, 0.3) is 0 Å². The zero-order valence-electron chi connectivity index (χ0n) is 11.7. The summed E-state index contributed by atoms with van der Waals surface area (Å²) in [7, 11) is 0. The van der Waals surface area contributed by atoms with E-state index in [1.165, 1.54) is 17.3 Å². The van der Waals surface area contributed by atoms with E-state index in [4.69, 9.17) is 4.74 Å². The number of unbranched alkanes of at least 4 members (excludes halogenated alkanes) is 3. The third-order valence-electron chi connectivity index (χ3n) is 2.59. The maximum absolute atomic E-state index is 11.9. The molecule has 3 heteroatoms. The number of benzene rings is 1. The minimum absolute atomic E-state index is 0.0414. The molecule has 0 unspecified atom stereocenters.